The van der Waals surface area contributed by atoms with Crippen LogP contribution in [0.4, 0.5) is 15.8 Å². The van der Waals surface area contributed by atoms with Crippen molar-refractivity contribution in [2.24, 2.45) is 0 Å². The maximum Gasteiger partial charge on any atom is 0.241 e. The van der Waals surface area contributed by atoms with Crippen LogP contribution in [-0.2, 0) is 16.0 Å². The number of anilines is 2. The molecule has 7 heteroatoms. The van der Waals surface area contributed by atoms with Gasteiger partial charge in [-0.3, -0.25) is 9.59 Å². The standard InChI is InChI=1S/C22H21ClFN3O2/c23-20-6-4-18(13-21(20)24)26-7-9-27(10-8-26)22(29)14-25-17-3-1-16-12-19(28)5-2-15(16)11-17/h1-6,11,13,25H,7-10,12,14H2. The number of piperazine rings is 1. The number of carbonyl (C=O) groups excluding carboxylic acids is 2. The van der Waals surface area contributed by atoms with E-state index >= 15 is 0 Å². The van der Waals surface area contributed by atoms with Gasteiger partial charge in [-0.1, -0.05) is 23.7 Å². The number of allylic oxidation sites excluding steroid dienone is 1. The molecule has 0 saturated carbocycles. The third-order valence-corrected chi connectivity index (χ3v) is 5.61. The van der Waals surface area contributed by atoms with E-state index in [4.69, 9.17) is 11.6 Å². The summed E-state index contributed by atoms with van der Waals surface area (Å²) >= 11 is 5.74. The van der Waals surface area contributed by atoms with Crippen molar-refractivity contribution < 1.29 is 14.0 Å². The SMILES string of the molecule is O=C1C=Cc2cc(NCC(=O)N3CCN(c4ccc(Cl)c(F)c4)CC3)ccc2C1. The Kier molecular flexibility index (Phi) is 5.53. The van der Waals surface area contributed by atoms with Crippen LogP contribution in [0.5, 0.6) is 0 Å². The Balaban J connectivity index is 1.30. The fourth-order valence-electron chi connectivity index (χ4n) is 3.64. The molecule has 0 unspecified atom stereocenters. The number of amides is 1. The van der Waals surface area contributed by atoms with Crippen LogP contribution in [0.3, 0.4) is 0 Å². The lowest BCUT2D eigenvalue weighted by atomic mass is 9.96. The van der Waals surface area contributed by atoms with E-state index in [9.17, 15) is 14.0 Å². The van der Waals surface area contributed by atoms with E-state index in [1.165, 1.54) is 6.07 Å². The summed E-state index contributed by atoms with van der Waals surface area (Å²) in [7, 11) is 0. The molecule has 1 fully saturated rings. The van der Waals surface area contributed by atoms with Crippen molar-refractivity contribution in [2.75, 3.05) is 42.9 Å². The Bertz CT molecular complexity index is 984. The average Bonchev–Trinajstić information content (AvgIpc) is 2.74. The molecule has 4 rings (SSSR count). The first kappa shape index (κ1) is 19.5. The van der Waals surface area contributed by atoms with Crippen LogP contribution >= 0.6 is 11.6 Å². The molecule has 0 radical (unpaired) electrons. The Morgan fingerprint density at radius 1 is 1.07 bits per heavy atom. The Morgan fingerprint density at radius 3 is 2.62 bits per heavy atom. The first-order chi connectivity index (χ1) is 14.0. The van der Waals surface area contributed by atoms with Crippen LogP contribution in [0.1, 0.15) is 11.1 Å². The van der Waals surface area contributed by atoms with Crippen molar-refractivity contribution in [1.29, 1.82) is 0 Å². The monoisotopic (exact) mass is 413 g/mol. The van der Waals surface area contributed by atoms with Crippen molar-refractivity contribution in [3.05, 3.63) is 64.4 Å². The van der Waals surface area contributed by atoms with Crippen LogP contribution in [0.15, 0.2) is 42.5 Å². The predicted molar refractivity (Wildman–Crippen MR) is 113 cm³/mol. The van der Waals surface area contributed by atoms with Gasteiger partial charge in [-0.2, -0.15) is 0 Å². The van der Waals surface area contributed by atoms with Crippen LogP contribution in [0, 0.1) is 5.82 Å². The molecule has 0 aromatic heterocycles. The van der Waals surface area contributed by atoms with Crippen LogP contribution in [0.25, 0.3) is 6.08 Å². The van der Waals surface area contributed by atoms with E-state index in [0.29, 0.717) is 32.6 Å². The molecule has 2 aromatic rings. The van der Waals surface area contributed by atoms with Gasteiger partial charge >= 0.3 is 0 Å². The molecule has 1 aliphatic carbocycles. The minimum absolute atomic E-state index is 0.0235. The quantitative estimate of drug-likeness (QED) is 0.835. The number of fused-ring (bicyclic) bond motifs is 1. The van der Waals surface area contributed by atoms with E-state index in [1.807, 2.05) is 34.1 Å². The maximum atomic E-state index is 13.7. The molecule has 1 aliphatic heterocycles. The normalized spacial score (nSPS) is 16.0. The van der Waals surface area contributed by atoms with Crippen LogP contribution < -0.4 is 10.2 Å². The third kappa shape index (κ3) is 4.43. The zero-order valence-corrected chi connectivity index (χ0v) is 16.6. The number of nitrogens with one attached hydrogen (secondary N) is 1. The number of nitrogens with zero attached hydrogens (tertiary/aromatic N) is 2. The molecule has 2 aliphatic rings. The van der Waals surface area contributed by atoms with Gasteiger partial charge in [0.25, 0.3) is 0 Å². The zero-order chi connectivity index (χ0) is 20.4. The minimum atomic E-state index is -0.434. The van der Waals surface area contributed by atoms with Gasteiger partial charge in [-0.05, 0) is 47.5 Å². The fourth-order valence-corrected chi connectivity index (χ4v) is 3.75. The molecule has 150 valence electrons. The van der Waals surface area contributed by atoms with E-state index in [-0.39, 0.29) is 23.3 Å². The van der Waals surface area contributed by atoms with Crippen molar-refractivity contribution in [1.82, 2.24) is 4.90 Å². The molecule has 1 heterocycles. The van der Waals surface area contributed by atoms with E-state index in [1.54, 1.807) is 18.2 Å². The van der Waals surface area contributed by atoms with Gasteiger partial charge in [0.2, 0.25) is 5.91 Å². The smallest absolute Gasteiger partial charge is 0.241 e. The van der Waals surface area contributed by atoms with E-state index in [0.717, 1.165) is 22.5 Å². The number of benzene rings is 2. The second-order valence-electron chi connectivity index (χ2n) is 7.21. The van der Waals surface area contributed by atoms with Crippen molar-refractivity contribution in [3.63, 3.8) is 0 Å². The van der Waals surface area contributed by atoms with Gasteiger partial charge in [0.1, 0.15) is 5.82 Å². The van der Waals surface area contributed by atoms with Crippen LogP contribution in [-0.4, -0.2) is 49.3 Å². The van der Waals surface area contributed by atoms with Gasteiger partial charge in [0.05, 0.1) is 11.6 Å². The molecular formula is C22H21ClFN3O2. The average molecular weight is 414 g/mol. The molecule has 1 saturated heterocycles. The molecule has 1 N–H and O–H groups in total. The summed E-state index contributed by atoms with van der Waals surface area (Å²) in [6, 6.07) is 10.6. The van der Waals surface area contributed by atoms with Crippen molar-refractivity contribution in [3.8, 4) is 0 Å². The molecule has 2 aromatic carbocycles. The topological polar surface area (TPSA) is 52.7 Å². The zero-order valence-electron chi connectivity index (χ0n) is 15.8. The summed E-state index contributed by atoms with van der Waals surface area (Å²) in [6.45, 7) is 2.66. The lowest BCUT2D eigenvalue weighted by Gasteiger charge is -2.36. The van der Waals surface area contributed by atoms with Crippen molar-refractivity contribution in [2.45, 2.75) is 6.42 Å². The highest BCUT2D eigenvalue weighted by atomic mass is 35.5. The third-order valence-electron chi connectivity index (χ3n) is 5.30. The maximum absolute atomic E-state index is 13.7. The fraction of sp³-hybridized carbons (Fsp3) is 0.273. The number of carbonyl (C=O) groups is 2. The first-order valence-electron chi connectivity index (χ1n) is 9.55. The number of hydrogen-bond donors (Lipinski definition) is 1. The largest absolute Gasteiger partial charge is 0.376 e. The van der Waals surface area contributed by atoms with Gasteiger partial charge in [-0.25, -0.2) is 4.39 Å². The highest BCUT2D eigenvalue weighted by molar-refractivity contribution is 6.30. The summed E-state index contributed by atoms with van der Waals surface area (Å²) in [5, 5.41) is 3.28. The number of halogens is 2. The number of ketones is 1. The molecule has 29 heavy (non-hydrogen) atoms. The van der Waals surface area contributed by atoms with Gasteiger partial charge in [0, 0.05) is 44.0 Å². The molecule has 0 bridgehead atoms. The minimum Gasteiger partial charge on any atom is -0.376 e. The summed E-state index contributed by atoms with van der Waals surface area (Å²) in [4.78, 5) is 27.9. The molecule has 0 spiro atoms. The lowest BCUT2D eigenvalue weighted by Crippen LogP contribution is -2.50. The molecular weight excluding hydrogens is 393 g/mol. The lowest BCUT2D eigenvalue weighted by molar-refractivity contribution is -0.129. The van der Waals surface area contributed by atoms with Crippen molar-refractivity contribution >= 4 is 40.7 Å². The van der Waals surface area contributed by atoms with E-state index in [2.05, 4.69) is 5.32 Å². The highest BCUT2D eigenvalue weighted by Gasteiger charge is 2.21. The second-order valence-corrected chi connectivity index (χ2v) is 7.62. The molecule has 1 amide bonds. The predicted octanol–water partition coefficient (Wildman–Crippen LogP) is 3.38. The Morgan fingerprint density at radius 2 is 1.86 bits per heavy atom. The van der Waals surface area contributed by atoms with Gasteiger partial charge in [0.15, 0.2) is 5.78 Å². The Hall–Kier alpha value is -2.86. The van der Waals surface area contributed by atoms with Gasteiger partial charge < -0.3 is 15.1 Å². The second kappa shape index (κ2) is 8.25. The van der Waals surface area contributed by atoms with E-state index < -0.39 is 5.82 Å². The number of rotatable bonds is 4. The van der Waals surface area contributed by atoms with Gasteiger partial charge in [-0.15, -0.1) is 0 Å². The summed E-state index contributed by atoms with van der Waals surface area (Å²) in [6.07, 6.45) is 3.82. The van der Waals surface area contributed by atoms with Crippen LogP contribution in [0.2, 0.25) is 5.02 Å². The Labute approximate surface area is 173 Å². The summed E-state index contributed by atoms with van der Waals surface area (Å²) in [5.41, 5.74) is 3.64. The first-order valence-corrected chi connectivity index (χ1v) is 9.93. The highest BCUT2D eigenvalue weighted by Crippen LogP contribution is 2.23. The summed E-state index contributed by atoms with van der Waals surface area (Å²) < 4.78 is 13.7. The number of hydrogen-bond acceptors (Lipinski definition) is 4. The summed E-state index contributed by atoms with van der Waals surface area (Å²) in [5.74, 6) is -0.305. The molecule has 0 atom stereocenters. The molecule has 5 nitrogen and oxygen atoms in total.